The van der Waals surface area contributed by atoms with Crippen LogP contribution < -0.4 is 10.6 Å². The van der Waals surface area contributed by atoms with Gasteiger partial charge in [0, 0.05) is 24.5 Å². The number of nitrogens with two attached hydrogens (primary N) is 1. The van der Waals surface area contributed by atoms with Gasteiger partial charge in [0.05, 0.1) is 0 Å². The molecule has 1 aliphatic heterocycles. The minimum atomic E-state index is 0.0316. The molecular formula is C17H21N3. The Hall–Kier alpha value is -1.87. The molecule has 0 radical (unpaired) electrons. The number of pyridine rings is 1. The summed E-state index contributed by atoms with van der Waals surface area (Å²) in [4.78, 5) is 6.92. The van der Waals surface area contributed by atoms with Crippen molar-refractivity contribution in [3.05, 3.63) is 53.7 Å². The predicted octanol–water partition coefficient (Wildman–Crippen LogP) is 3.43. The van der Waals surface area contributed by atoms with Crippen LogP contribution in [0.15, 0.2) is 42.6 Å². The Kier molecular flexibility index (Phi) is 3.45. The molecule has 3 heteroatoms. The van der Waals surface area contributed by atoms with Crippen LogP contribution in [0.2, 0.25) is 0 Å². The molecule has 1 aromatic heterocycles. The lowest BCUT2D eigenvalue weighted by atomic mass is 9.94. The van der Waals surface area contributed by atoms with Gasteiger partial charge in [-0.3, -0.25) is 0 Å². The third kappa shape index (κ3) is 2.41. The molecule has 2 atom stereocenters. The van der Waals surface area contributed by atoms with E-state index < -0.39 is 0 Å². The van der Waals surface area contributed by atoms with E-state index in [0.717, 1.165) is 24.3 Å². The zero-order valence-corrected chi connectivity index (χ0v) is 12.1. The van der Waals surface area contributed by atoms with Gasteiger partial charge in [-0.05, 0) is 42.5 Å². The molecule has 3 nitrogen and oxygen atoms in total. The lowest BCUT2D eigenvalue weighted by molar-refractivity contribution is 0.560. The van der Waals surface area contributed by atoms with Crippen LogP contribution >= 0.6 is 0 Å². The van der Waals surface area contributed by atoms with Gasteiger partial charge >= 0.3 is 0 Å². The molecule has 1 aromatic carbocycles. The van der Waals surface area contributed by atoms with Crippen LogP contribution in [0.3, 0.4) is 0 Å². The molecule has 2 heterocycles. The van der Waals surface area contributed by atoms with Crippen molar-refractivity contribution in [1.82, 2.24) is 4.98 Å². The number of fused-ring (bicyclic) bond motifs is 1. The van der Waals surface area contributed by atoms with Crippen molar-refractivity contribution in [2.24, 2.45) is 11.7 Å². The molecule has 0 saturated heterocycles. The highest BCUT2D eigenvalue weighted by Crippen LogP contribution is 2.34. The Morgan fingerprint density at radius 1 is 1.25 bits per heavy atom. The maximum absolute atomic E-state index is 5.89. The average Bonchev–Trinajstić information content (AvgIpc) is 2.46. The van der Waals surface area contributed by atoms with E-state index in [0.29, 0.717) is 5.92 Å². The number of para-hydroxylation sites is 1. The summed E-state index contributed by atoms with van der Waals surface area (Å²) in [5.41, 5.74) is 9.65. The SMILES string of the molecule is CC1Cc2ccccc2N(c2ccc([C@H](C)N)cn2)C1. The monoisotopic (exact) mass is 267 g/mol. The van der Waals surface area contributed by atoms with Gasteiger partial charge in [0.25, 0.3) is 0 Å². The van der Waals surface area contributed by atoms with E-state index in [-0.39, 0.29) is 6.04 Å². The van der Waals surface area contributed by atoms with Gasteiger partial charge < -0.3 is 10.6 Å². The highest BCUT2D eigenvalue weighted by Gasteiger charge is 2.23. The van der Waals surface area contributed by atoms with Crippen molar-refractivity contribution in [2.45, 2.75) is 26.3 Å². The number of aromatic nitrogens is 1. The lowest BCUT2D eigenvalue weighted by Gasteiger charge is -2.34. The number of nitrogens with zero attached hydrogens (tertiary/aromatic N) is 2. The summed E-state index contributed by atoms with van der Waals surface area (Å²) in [5.74, 6) is 1.65. The van der Waals surface area contributed by atoms with E-state index in [1.807, 2.05) is 13.1 Å². The summed E-state index contributed by atoms with van der Waals surface area (Å²) in [6.07, 6.45) is 3.03. The Balaban J connectivity index is 1.97. The molecule has 0 bridgehead atoms. The summed E-state index contributed by atoms with van der Waals surface area (Å²) in [7, 11) is 0. The van der Waals surface area contributed by atoms with Crippen LogP contribution in [0, 0.1) is 5.92 Å². The molecule has 20 heavy (non-hydrogen) atoms. The van der Waals surface area contributed by atoms with E-state index in [9.17, 15) is 0 Å². The topological polar surface area (TPSA) is 42.1 Å². The largest absolute Gasteiger partial charge is 0.326 e. The number of hydrogen-bond donors (Lipinski definition) is 1. The molecule has 0 saturated carbocycles. The molecule has 0 fully saturated rings. The Labute approximate surface area is 120 Å². The van der Waals surface area contributed by atoms with Gasteiger partial charge in [-0.15, -0.1) is 0 Å². The average molecular weight is 267 g/mol. The molecule has 3 rings (SSSR count). The number of rotatable bonds is 2. The summed E-state index contributed by atoms with van der Waals surface area (Å²) >= 11 is 0. The third-order valence-electron chi connectivity index (χ3n) is 3.92. The quantitative estimate of drug-likeness (QED) is 0.906. The number of benzene rings is 1. The van der Waals surface area contributed by atoms with Crippen molar-refractivity contribution >= 4 is 11.5 Å². The second-order valence-electron chi connectivity index (χ2n) is 5.79. The van der Waals surface area contributed by atoms with Gasteiger partial charge in [0.1, 0.15) is 5.82 Å². The van der Waals surface area contributed by atoms with Gasteiger partial charge in [0.15, 0.2) is 0 Å². The van der Waals surface area contributed by atoms with Crippen LogP contribution in [-0.4, -0.2) is 11.5 Å². The van der Waals surface area contributed by atoms with E-state index in [1.165, 1.54) is 11.3 Å². The third-order valence-corrected chi connectivity index (χ3v) is 3.92. The Morgan fingerprint density at radius 3 is 2.75 bits per heavy atom. The van der Waals surface area contributed by atoms with Crippen molar-refractivity contribution in [3.63, 3.8) is 0 Å². The van der Waals surface area contributed by atoms with E-state index in [4.69, 9.17) is 5.73 Å². The van der Waals surface area contributed by atoms with E-state index >= 15 is 0 Å². The number of anilines is 2. The van der Waals surface area contributed by atoms with Crippen LogP contribution in [0.1, 0.15) is 31.0 Å². The fourth-order valence-electron chi connectivity index (χ4n) is 2.84. The normalized spacial score (nSPS) is 19.6. The van der Waals surface area contributed by atoms with Crippen LogP contribution in [-0.2, 0) is 6.42 Å². The fraction of sp³-hybridized carbons (Fsp3) is 0.353. The highest BCUT2D eigenvalue weighted by atomic mass is 15.2. The van der Waals surface area contributed by atoms with Crippen LogP contribution in [0.4, 0.5) is 11.5 Å². The second-order valence-corrected chi connectivity index (χ2v) is 5.79. The highest BCUT2D eigenvalue weighted by molar-refractivity contribution is 5.65. The van der Waals surface area contributed by atoms with E-state index in [2.05, 4.69) is 53.2 Å². The van der Waals surface area contributed by atoms with Crippen molar-refractivity contribution in [2.75, 3.05) is 11.4 Å². The molecule has 0 spiro atoms. The minimum absolute atomic E-state index is 0.0316. The molecule has 0 aliphatic carbocycles. The molecule has 2 aromatic rings. The first-order valence-electron chi connectivity index (χ1n) is 7.22. The van der Waals surface area contributed by atoms with Crippen LogP contribution in [0.5, 0.6) is 0 Å². The smallest absolute Gasteiger partial charge is 0.132 e. The zero-order valence-electron chi connectivity index (χ0n) is 12.1. The molecule has 104 valence electrons. The van der Waals surface area contributed by atoms with Gasteiger partial charge in [-0.2, -0.15) is 0 Å². The fourth-order valence-corrected chi connectivity index (χ4v) is 2.84. The molecule has 1 aliphatic rings. The lowest BCUT2D eigenvalue weighted by Crippen LogP contribution is -2.31. The van der Waals surface area contributed by atoms with Gasteiger partial charge in [-0.25, -0.2) is 4.98 Å². The Morgan fingerprint density at radius 2 is 2.05 bits per heavy atom. The second kappa shape index (κ2) is 5.25. The maximum Gasteiger partial charge on any atom is 0.132 e. The first-order chi connectivity index (χ1) is 9.65. The zero-order chi connectivity index (χ0) is 14.1. The minimum Gasteiger partial charge on any atom is -0.326 e. The summed E-state index contributed by atoms with van der Waals surface area (Å²) in [5, 5.41) is 0. The van der Waals surface area contributed by atoms with Gasteiger partial charge in [-0.1, -0.05) is 31.2 Å². The summed E-state index contributed by atoms with van der Waals surface area (Å²) in [6, 6.07) is 12.8. The maximum atomic E-state index is 5.89. The summed E-state index contributed by atoms with van der Waals surface area (Å²) < 4.78 is 0. The van der Waals surface area contributed by atoms with Crippen molar-refractivity contribution < 1.29 is 0 Å². The van der Waals surface area contributed by atoms with Crippen LogP contribution in [0.25, 0.3) is 0 Å². The van der Waals surface area contributed by atoms with Crippen molar-refractivity contribution in [1.29, 1.82) is 0 Å². The molecular weight excluding hydrogens is 246 g/mol. The standard InChI is InChI=1S/C17H21N3/c1-12-9-14-5-3-4-6-16(14)20(11-12)17-8-7-15(10-19-17)13(2)18/h3-8,10,12-13H,9,11,18H2,1-2H3/t12?,13-/m0/s1. The summed E-state index contributed by atoms with van der Waals surface area (Å²) in [6.45, 7) is 5.29. The first-order valence-corrected chi connectivity index (χ1v) is 7.22. The molecule has 1 unspecified atom stereocenters. The predicted molar refractivity (Wildman–Crippen MR) is 83.2 cm³/mol. The Bertz CT molecular complexity index is 589. The van der Waals surface area contributed by atoms with E-state index in [1.54, 1.807) is 0 Å². The van der Waals surface area contributed by atoms with Crippen molar-refractivity contribution in [3.8, 4) is 0 Å². The molecule has 2 N–H and O–H groups in total. The number of hydrogen-bond acceptors (Lipinski definition) is 3. The first kappa shape index (κ1) is 13.1. The van der Waals surface area contributed by atoms with Gasteiger partial charge in [0.2, 0.25) is 0 Å². The molecule has 0 amide bonds.